The number of aromatic amines is 5. The summed E-state index contributed by atoms with van der Waals surface area (Å²) < 4.78 is 18.1. The standard InChI is InChI=1S/C19H14N4O.C17H13N3O2.C14H15N3O2.2C12H11N3O2/c20-12-6-9-14-17(13-7-2-1-3-8-13)22-19-21-15-10-4-5-11-16(15)23(19)18(14)24;1-22-12-8-6-11(7-9-12)14-10-16(21)20-15-5-3-2-4-13(15)18-17(20)19-14;1-2-3-6-9-12(18)16-14-15-10-7-4-5-8-11(10)17(14)13(9)19;1-17-7-8-6-11(16)15-10-5-3-2-4-9(10)14-12(15)13-8;1-2-7-10(16)14-12-13-8-5-3-4-6-9(8)15(12)11(7)17/h1-5,7-8,10-11H,6,9H2,(H,21,22);2-10H,1H3,(H,18,19);4-5,7-8,19H,2-3,6H2,1H3,(H,15,16,18);2-6H,7H2,1H3,(H,13,14);3-6,17H,2H2,1H3,(H,13,14,16). The average Bonchev–Trinajstić information content (AvgIpc) is 1.70. The number of nitriles is 1. The monoisotopic (exact) mass is 1320 g/mol. The normalized spacial score (nSPS) is 11.2. The zero-order valence-electron chi connectivity index (χ0n) is 54.0. The number of nitrogens with zero attached hydrogens (tertiary/aromatic N) is 11. The molecule has 0 saturated carbocycles. The number of hydrogen-bond donors (Lipinski definition) is 7. The van der Waals surface area contributed by atoms with Gasteiger partial charge < -0.3 is 34.6 Å². The van der Waals surface area contributed by atoms with Gasteiger partial charge in [-0.15, -0.1) is 0 Å². The fraction of sp³-hybridized carbons (Fsp3) is 0.149. The van der Waals surface area contributed by atoms with Gasteiger partial charge in [-0.05, 0) is 116 Å². The lowest BCUT2D eigenvalue weighted by Crippen LogP contribution is -2.20. The Labute approximate surface area is 559 Å². The van der Waals surface area contributed by atoms with Crippen molar-refractivity contribution in [3.63, 3.8) is 0 Å². The van der Waals surface area contributed by atoms with Gasteiger partial charge in [0.2, 0.25) is 40.6 Å². The van der Waals surface area contributed by atoms with Gasteiger partial charge in [0, 0.05) is 42.5 Å². The number of fused-ring (bicyclic) bond motifs is 15. The van der Waals surface area contributed by atoms with Crippen LogP contribution in [-0.2, 0) is 30.6 Å². The Hall–Kier alpha value is -13.2. The molecule has 0 radical (unpaired) electrons. The zero-order chi connectivity index (χ0) is 68.8. The van der Waals surface area contributed by atoms with Gasteiger partial charge in [0.1, 0.15) is 5.75 Å². The smallest absolute Gasteiger partial charge is 0.263 e. The first-order valence-electron chi connectivity index (χ1n) is 31.8. The number of imidazole rings is 5. The zero-order valence-corrected chi connectivity index (χ0v) is 54.0. The predicted molar refractivity (Wildman–Crippen MR) is 380 cm³/mol. The van der Waals surface area contributed by atoms with E-state index < -0.39 is 0 Å². The Morgan fingerprint density at radius 3 is 1.47 bits per heavy atom. The van der Waals surface area contributed by atoms with Crippen molar-refractivity contribution in [3.05, 3.63) is 262 Å². The van der Waals surface area contributed by atoms with E-state index in [0.29, 0.717) is 77.1 Å². The number of aromatic nitrogens is 15. The molecule has 0 bridgehead atoms. The van der Waals surface area contributed by atoms with Gasteiger partial charge >= 0.3 is 0 Å². The maximum Gasteiger partial charge on any atom is 0.263 e. The third-order valence-electron chi connectivity index (χ3n) is 16.7. The summed E-state index contributed by atoms with van der Waals surface area (Å²) in [4.78, 5) is 98.2. The number of unbranched alkanes of at least 4 members (excludes halogenated alkanes) is 1. The molecule has 0 aliphatic heterocycles. The molecule has 17 aromatic rings. The molecule has 494 valence electrons. The quantitative estimate of drug-likeness (QED) is 0.0633. The number of rotatable bonds is 11. The number of ether oxygens (including phenoxy) is 2. The summed E-state index contributed by atoms with van der Waals surface area (Å²) in [6.45, 7) is 4.25. The number of para-hydroxylation sites is 10. The van der Waals surface area contributed by atoms with Crippen LogP contribution in [0.1, 0.15) is 55.5 Å². The molecule has 10 heterocycles. The van der Waals surface area contributed by atoms with E-state index in [1.54, 1.807) is 42.3 Å². The highest BCUT2D eigenvalue weighted by Gasteiger charge is 2.20. The topological polar surface area (TPSA) is 334 Å². The van der Waals surface area contributed by atoms with Crippen molar-refractivity contribution in [2.45, 2.75) is 59.0 Å². The van der Waals surface area contributed by atoms with Gasteiger partial charge in [-0.2, -0.15) is 5.26 Å². The van der Waals surface area contributed by atoms with E-state index in [2.05, 4.69) is 57.8 Å². The largest absolute Gasteiger partial charge is 0.497 e. The summed E-state index contributed by atoms with van der Waals surface area (Å²) in [5, 5.41) is 29.4. The van der Waals surface area contributed by atoms with Gasteiger partial charge in [-0.25, -0.2) is 46.9 Å². The second kappa shape index (κ2) is 28.0. The Bertz CT molecular complexity index is 6230. The van der Waals surface area contributed by atoms with E-state index in [1.807, 2.05) is 183 Å². The fourth-order valence-corrected chi connectivity index (χ4v) is 11.9. The Morgan fingerprint density at radius 1 is 0.465 bits per heavy atom. The van der Waals surface area contributed by atoms with Crippen LogP contribution in [0.3, 0.4) is 0 Å². The molecule has 7 aromatic carbocycles. The number of benzene rings is 7. The molecular weight excluding hydrogens is 1260 g/mol. The second-order valence-electron chi connectivity index (χ2n) is 22.9. The number of H-pyrrole nitrogens is 5. The van der Waals surface area contributed by atoms with E-state index in [1.165, 1.54) is 6.07 Å². The summed E-state index contributed by atoms with van der Waals surface area (Å²) >= 11 is 0. The lowest BCUT2D eigenvalue weighted by molar-refractivity contribution is 0.181. The average molecular weight is 1320 g/mol. The van der Waals surface area contributed by atoms with Crippen LogP contribution in [0.25, 0.3) is 107 Å². The van der Waals surface area contributed by atoms with Crippen molar-refractivity contribution in [3.8, 4) is 46.1 Å². The van der Waals surface area contributed by atoms with Crippen LogP contribution in [0, 0.1) is 11.3 Å². The third-order valence-corrected chi connectivity index (χ3v) is 16.7. The SMILES string of the molecule is CCCCc1c(O)n2c(nc3ccccc32)[nH]c1=O.CCc1c(O)n2c(nc3ccccc32)[nH]c1=O.COCc1cc(=O)n2c(nc3ccccc32)[nH]1.COc1ccc(-c2cc(=O)n3c(nc4ccccc43)[nH]2)cc1.N#CCCc1c(-c2ccccc2)nc2[nH]c3ccccc3n2c1=O. The van der Waals surface area contributed by atoms with Crippen molar-refractivity contribution >= 4 is 84.1 Å². The molecule has 0 amide bonds. The molecule has 99 heavy (non-hydrogen) atoms. The van der Waals surface area contributed by atoms with E-state index in [0.717, 1.165) is 96.3 Å². The van der Waals surface area contributed by atoms with Crippen molar-refractivity contribution < 1.29 is 19.7 Å². The number of nitrogens with one attached hydrogen (secondary N) is 5. The van der Waals surface area contributed by atoms with Crippen LogP contribution in [0.5, 0.6) is 17.5 Å². The highest BCUT2D eigenvalue weighted by Crippen LogP contribution is 2.27. The molecule has 0 atom stereocenters. The van der Waals surface area contributed by atoms with Crippen molar-refractivity contribution in [2.24, 2.45) is 0 Å². The Morgan fingerprint density at radius 2 is 0.939 bits per heavy atom. The molecule has 10 aromatic heterocycles. The predicted octanol–water partition coefficient (Wildman–Crippen LogP) is 11.1. The summed E-state index contributed by atoms with van der Waals surface area (Å²) in [5.74, 6) is 3.10. The minimum absolute atomic E-state index is 0.000833. The van der Waals surface area contributed by atoms with Gasteiger partial charge in [-0.1, -0.05) is 111 Å². The van der Waals surface area contributed by atoms with Crippen LogP contribution < -0.4 is 32.5 Å². The minimum Gasteiger partial charge on any atom is -0.497 e. The number of aromatic hydroxyl groups is 2. The lowest BCUT2D eigenvalue weighted by Gasteiger charge is -2.08. The van der Waals surface area contributed by atoms with E-state index in [9.17, 15) is 34.2 Å². The highest BCUT2D eigenvalue weighted by molar-refractivity contribution is 5.84. The third kappa shape index (κ3) is 12.6. The maximum atomic E-state index is 13.1. The first-order valence-corrected chi connectivity index (χ1v) is 31.8. The van der Waals surface area contributed by atoms with Crippen molar-refractivity contribution in [2.75, 3.05) is 14.2 Å². The van der Waals surface area contributed by atoms with Crippen LogP contribution >= 0.6 is 0 Å². The van der Waals surface area contributed by atoms with Gasteiger partial charge in [0.15, 0.2) is 0 Å². The van der Waals surface area contributed by atoms with Crippen molar-refractivity contribution in [1.29, 1.82) is 5.26 Å². The van der Waals surface area contributed by atoms with Crippen LogP contribution in [0.4, 0.5) is 0 Å². The first kappa shape index (κ1) is 64.5. The molecule has 17 rings (SSSR count). The van der Waals surface area contributed by atoms with Crippen LogP contribution in [0.2, 0.25) is 0 Å². The summed E-state index contributed by atoms with van der Waals surface area (Å²) in [7, 11) is 3.21. The molecule has 7 N–H and O–H groups in total. The number of methoxy groups -OCH3 is 2. The minimum atomic E-state index is -0.284. The molecule has 0 unspecified atom stereocenters. The fourth-order valence-electron chi connectivity index (χ4n) is 11.9. The van der Waals surface area contributed by atoms with Crippen molar-refractivity contribution in [1.82, 2.24) is 71.8 Å². The lowest BCUT2D eigenvalue weighted by atomic mass is 10.0. The second-order valence-corrected chi connectivity index (χ2v) is 22.9. The Kier molecular flexibility index (Phi) is 18.2. The summed E-state index contributed by atoms with van der Waals surface area (Å²) in [6.07, 6.45) is 3.56. The summed E-state index contributed by atoms with van der Waals surface area (Å²) in [5.41, 5.74) is 12.3. The molecule has 0 saturated heterocycles. The molecular formula is C74H64N16O9. The molecule has 0 aliphatic carbocycles. The van der Waals surface area contributed by atoms with E-state index in [4.69, 9.17) is 19.7 Å². The first-order chi connectivity index (χ1) is 48.3. The van der Waals surface area contributed by atoms with Crippen LogP contribution in [-0.4, -0.2) is 96.3 Å². The van der Waals surface area contributed by atoms with E-state index in [-0.39, 0.29) is 46.0 Å². The molecule has 0 aliphatic rings. The van der Waals surface area contributed by atoms with Crippen LogP contribution in [0.15, 0.2) is 212 Å². The molecule has 0 fully saturated rings. The van der Waals surface area contributed by atoms with E-state index >= 15 is 0 Å². The summed E-state index contributed by atoms with van der Waals surface area (Å²) in [6, 6.07) is 60.0. The molecule has 25 nitrogen and oxygen atoms in total. The van der Waals surface area contributed by atoms with Gasteiger partial charge in [0.25, 0.3) is 27.8 Å². The van der Waals surface area contributed by atoms with Gasteiger partial charge in [-0.3, -0.25) is 33.9 Å². The maximum absolute atomic E-state index is 13.1. The van der Waals surface area contributed by atoms with Gasteiger partial charge in [0.05, 0.1) is 97.5 Å². The molecule has 0 spiro atoms. The number of hydrogen-bond acceptors (Lipinski definition) is 15. The highest BCUT2D eigenvalue weighted by atomic mass is 16.5. The molecule has 25 heteroatoms. The Balaban J connectivity index is 0.000000112.